The van der Waals surface area contributed by atoms with Gasteiger partial charge in [0, 0.05) is 49.3 Å². The third-order valence-corrected chi connectivity index (χ3v) is 7.12. The van der Waals surface area contributed by atoms with Crippen molar-refractivity contribution in [2.24, 2.45) is 5.41 Å². The summed E-state index contributed by atoms with van der Waals surface area (Å²) in [6.07, 6.45) is 4.88. The fourth-order valence-electron chi connectivity index (χ4n) is 4.14. The molecule has 0 atom stereocenters. The first-order valence-electron chi connectivity index (χ1n) is 10.2. The van der Waals surface area contributed by atoms with Crippen molar-refractivity contribution < 1.29 is 14.0 Å². The first-order valence-corrected chi connectivity index (χ1v) is 11.4. The molecule has 0 aromatic carbocycles. The summed E-state index contributed by atoms with van der Waals surface area (Å²) in [4.78, 5) is 28.8. The third-order valence-electron chi connectivity index (χ3n) is 6.03. The normalized spacial score (nSPS) is 19.3. The van der Waals surface area contributed by atoms with Crippen molar-refractivity contribution in [1.82, 2.24) is 9.80 Å². The van der Waals surface area contributed by atoms with Gasteiger partial charge in [-0.25, -0.2) is 0 Å². The van der Waals surface area contributed by atoms with Crippen molar-refractivity contribution in [3.05, 3.63) is 23.2 Å². The molecule has 2 aliphatic rings. The van der Waals surface area contributed by atoms with Gasteiger partial charge in [-0.15, -0.1) is 0 Å². The van der Waals surface area contributed by atoms with Crippen molar-refractivity contribution >= 4 is 23.6 Å². The number of nitrogens with zero attached hydrogens (tertiary/aromatic N) is 2. The van der Waals surface area contributed by atoms with Crippen molar-refractivity contribution in [3.63, 3.8) is 0 Å². The highest BCUT2D eigenvalue weighted by Crippen LogP contribution is 2.41. The molecule has 0 radical (unpaired) electrons. The quantitative estimate of drug-likeness (QED) is 0.656. The van der Waals surface area contributed by atoms with Crippen LogP contribution in [-0.4, -0.2) is 53.5 Å². The van der Waals surface area contributed by atoms with Gasteiger partial charge in [-0.1, -0.05) is 13.3 Å². The van der Waals surface area contributed by atoms with E-state index in [4.69, 9.17) is 4.42 Å². The zero-order valence-electron chi connectivity index (χ0n) is 16.9. The second kappa shape index (κ2) is 8.72. The highest BCUT2D eigenvalue weighted by atomic mass is 32.2. The third kappa shape index (κ3) is 4.53. The molecule has 2 saturated heterocycles. The number of amides is 2. The van der Waals surface area contributed by atoms with Gasteiger partial charge >= 0.3 is 0 Å². The number of carbonyl (C=O) groups is 2. The average molecular weight is 393 g/mol. The number of aryl methyl sites for hydroxylation is 1. The monoisotopic (exact) mass is 392 g/mol. The lowest BCUT2D eigenvalue weighted by Crippen LogP contribution is -2.44. The Morgan fingerprint density at radius 1 is 1.30 bits per heavy atom. The van der Waals surface area contributed by atoms with Gasteiger partial charge in [-0.2, -0.15) is 11.8 Å². The summed E-state index contributed by atoms with van der Waals surface area (Å²) in [5.74, 6) is 3.63. The Morgan fingerprint density at radius 2 is 2.04 bits per heavy atom. The summed E-state index contributed by atoms with van der Waals surface area (Å²) in [5.41, 5.74) is 1.21. The van der Waals surface area contributed by atoms with Crippen LogP contribution in [0.3, 0.4) is 0 Å². The maximum absolute atomic E-state index is 12.9. The SMILES string of the molecule is CCCCSCc1cc(C(=O)N2CCC3(CC2)CC(=O)N(CC)C3)oc1C. The van der Waals surface area contributed by atoms with E-state index in [9.17, 15) is 9.59 Å². The molecule has 1 aromatic heterocycles. The molecule has 3 rings (SSSR count). The van der Waals surface area contributed by atoms with E-state index in [-0.39, 0.29) is 17.2 Å². The van der Waals surface area contributed by atoms with Gasteiger partial charge < -0.3 is 14.2 Å². The number of thioether (sulfide) groups is 1. The van der Waals surface area contributed by atoms with Crippen molar-refractivity contribution in [3.8, 4) is 0 Å². The maximum atomic E-state index is 12.9. The topological polar surface area (TPSA) is 53.8 Å². The van der Waals surface area contributed by atoms with E-state index in [1.807, 2.05) is 41.5 Å². The lowest BCUT2D eigenvalue weighted by molar-refractivity contribution is -0.127. The lowest BCUT2D eigenvalue weighted by atomic mass is 9.77. The van der Waals surface area contributed by atoms with Crippen LogP contribution in [0.15, 0.2) is 10.5 Å². The summed E-state index contributed by atoms with van der Waals surface area (Å²) < 4.78 is 5.79. The molecule has 2 fully saturated rings. The van der Waals surface area contributed by atoms with Crippen LogP contribution in [0.1, 0.15) is 67.8 Å². The van der Waals surface area contributed by atoms with Crippen LogP contribution in [0.2, 0.25) is 0 Å². The van der Waals surface area contributed by atoms with Crippen LogP contribution < -0.4 is 0 Å². The zero-order chi connectivity index (χ0) is 19.4. The number of furan rings is 1. The minimum Gasteiger partial charge on any atom is -0.456 e. The molecule has 0 unspecified atom stereocenters. The van der Waals surface area contributed by atoms with E-state index in [2.05, 4.69) is 6.92 Å². The molecule has 3 heterocycles. The number of hydrogen-bond donors (Lipinski definition) is 0. The van der Waals surface area contributed by atoms with E-state index in [0.717, 1.165) is 48.8 Å². The summed E-state index contributed by atoms with van der Waals surface area (Å²) in [6, 6.07) is 1.93. The fraction of sp³-hybridized carbons (Fsp3) is 0.714. The highest BCUT2D eigenvalue weighted by molar-refractivity contribution is 7.98. The Balaban J connectivity index is 1.56. The van der Waals surface area contributed by atoms with Crippen LogP contribution in [0.5, 0.6) is 0 Å². The fourth-order valence-corrected chi connectivity index (χ4v) is 5.29. The van der Waals surface area contributed by atoms with Gasteiger partial charge in [0.1, 0.15) is 5.76 Å². The maximum Gasteiger partial charge on any atom is 0.289 e. The van der Waals surface area contributed by atoms with Gasteiger partial charge in [0.2, 0.25) is 5.91 Å². The highest BCUT2D eigenvalue weighted by Gasteiger charge is 2.45. The molecular weight excluding hydrogens is 360 g/mol. The minimum absolute atomic E-state index is 0.00516. The summed E-state index contributed by atoms with van der Waals surface area (Å²) in [5, 5.41) is 0. The Morgan fingerprint density at radius 3 is 2.67 bits per heavy atom. The smallest absolute Gasteiger partial charge is 0.289 e. The van der Waals surface area contributed by atoms with Gasteiger partial charge in [0.05, 0.1) is 0 Å². The Hall–Kier alpha value is -1.43. The summed E-state index contributed by atoms with van der Waals surface area (Å²) >= 11 is 1.90. The molecule has 150 valence electrons. The number of hydrogen-bond acceptors (Lipinski definition) is 4. The molecule has 1 aromatic rings. The number of carbonyl (C=O) groups excluding carboxylic acids is 2. The van der Waals surface area contributed by atoms with Crippen molar-refractivity contribution in [2.75, 3.05) is 31.9 Å². The minimum atomic E-state index is -0.00516. The standard InChI is InChI=1S/C21H32N2O3S/c1-4-6-11-27-14-17-12-18(26-16(17)3)20(25)23-9-7-21(8-10-23)13-19(24)22(5-2)15-21/h12H,4-11,13-15H2,1-3H3. The first-order chi connectivity index (χ1) is 13.0. The van der Waals surface area contributed by atoms with Crippen LogP contribution in [0.25, 0.3) is 0 Å². The van der Waals surface area contributed by atoms with E-state index in [1.54, 1.807) is 0 Å². The number of piperidine rings is 1. The first kappa shape index (κ1) is 20.3. The lowest BCUT2D eigenvalue weighted by Gasteiger charge is -2.38. The molecule has 6 heteroatoms. The van der Waals surface area contributed by atoms with E-state index < -0.39 is 0 Å². The van der Waals surface area contributed by atoms with Crippen LogP contribution in [0, 0.1) is 12.3 Å². The summed E-state index contributed by atoms with van der Waals surface area (Å²) in [6.45, 7) is 9.24. The van der Waals surface area contributed by atoms with Crippen molar-refractivity contribution in [2.45, 2.75) is 58.6 Å². The summed E-state index contributed by atoms with van der Waals surface area (Å²) in [7, 11) is 0. The average Bonchev–Trinajstić information content (AvgIpc) is 3.18. The molecule has 0 aliphatic carbocycles. The number of rotatable bonds is 7. The van der Waals surface area contributed by atoms with E-state index >= 15 is 0 Å². The molecule has 1 spiro atoms. The van der Waals surface area contributed by atoms with Gasteiger partial charge in [0.15, 0.2) is 5.76 Å². The Labute approximate surface area is 166 Å². The number of likely N-dealkylation sites (tertiary alicyclic amines) is 2. The molecule has 2 amide bonds. The van der Waals surface area contributed by atoms with E-state index in [0.29, 0.717) is 25.3 Å². The predicted octanol–water partition coefficient (Wildman–Crippen LogP) is 4.10. The van der Waals surface area contributed by atoms with Crippen LogP contribution in [0.4, 0.5) is 0 Å². The van der Waals surface area contributed by atoms with Crippen LogP contribution >= 0.6 is 11.8 Å². The molecule has 2 aliphatic heterocycles. The zero-order valence-corrected chi connectivity index (χ0v) is 17.7. The molecule has 5 nitrogen and oxygen atoms in total. The van der Waals surface area contributed by atoms with Gasteiger partial charge in [0.25, 0.3) is 5.91 Å². The molecule has 0 N–H and O–H groups in total. The van der Waals surface area contributed by atoms with Gasteiger partial charge in [-0.3, -0.25) is 9.59 Å². The molecule has 27 heavy (non-hydrogen) atoms. The van der Waals surface area contributed by atoms with Crippen molar-refractivity contribution in [1.29, 1.82) is 0 Å². The molecule has 0 saturated carbocycles. The van der Waals surface area contributed by atoms with Crippen LogP contribution in [-0.2, 0) is 10.5 Å². The second-order valence-corrected chi connectivity index (χ2v) is 9.08. The largest absolute Gasteiger partial charge is 0.456 e. The van der Waals surface area contributed by atoms with E-state index in [1.165, 1.54) is 12.8 Å². The van der Waals surface area contributed by atoms with Gasteiger partial charge in [-0.05, 0) is 44.9 Å². The molecule has 0 bridgehead atoms. The second-order valence-electron chi connectivity index (χ2n) is 7.98. The molecular formula is C21H32N2O3S. The Kier molecular flexibility index (Phi) is 6.56. The predicted molar refractivity (Wildman–Crippen MR) is 109 cm³/mol. The Bertz CT molecular complexity index is 677. The number of unbranched alkanes of at least 4 members (excludes halogenated alkanes) is 1.